The summed E-state index contributed by atoms with van der Waals surface area (Å²) in [5, 5.41) is 20.6. The molecule has 0 unspecified atom stereocenters. The van der Waals surface area contributed by atoms with Crippen molar-refractivity contribution in [3.05, 3.63) is 23.8 Å². The predicted molar refractivity (Wildman–Crippen MR) is 73.2 cm³/mol. The van der Waals surface area contributed by atoms with Crippen molar-refractivity contribution < 1.29 is 10.3 Å². The Labute approximate surface area is 109 Å². The minimum atomic E-state index is 0.126. The van der Waals surface area contributed by atoms with Gasteiger partial charge in [-0.3, -0.25) is 0 Å². The van der Waals surface area contributed by atoms with Crippen LogP contribution in [0.2, 0.25) is 0 Å². The first-order valence-corrected chi connectivity index (χ1v) is 7.34. The van der Waals surface area contributed by atoms with Crippen LogP contribution < -0.4 is 5.73 Å². The average Bonchev–Trinajstić information content (AvgIpc) is 2.37. The van der Waals surface area contributed by atoms with Gasteiger partial charge in [-0.1, -0.05) is 11.2 Å². The number of amidine groups is 1. The van der Waals surface area contributed by atoms with Crippen LogP contribution in [-0.2, 0) is 0 Å². The molecule has 94 valence electrons. The Morgan fingerprint density at radius 2 is 2.12 bits per heavy atom. The van der Waals surface area contributed by atoms with E-state index < -0.39 is 0 Å². The van der Waals surface area contributed by atoms with Gasteiger partial charge in [0.25, 0.3) is 0 Å². The molecule has 0 aliphatic carbocycles. The highest BCUT2D eigenvalue weighted by Gasteiger charge is 2.12. The van der Waals surface area contributed by atoms with E-state index in [-0.39, 0.29) is 12.4 Å². The molecule has 1 aromatic carbocycles. The third-order valence-electron chi connectivity index (χ3n) is 2.13. The maximum atomic E-state index is 8.81. The molecule has 0 spiro atoms. The number of thioether (sulfide) groups is 2. The molecular weight excluding hydrogens is 256 g/mol. The maximum Gasteiger partial charge on any atom is 0.172 e. The number of oxime groups is 1. The van der Waals surface area contributed by atoms with E-state index in [4.69, 9.17) is 16.0 Å². The van der Waals surface area contributed by atoms with Crippen LogP contribution in [0.3, 0.4) is 0 Å². The Kier molecular flexibility index (Phi) is 6.25. The Bertz CT molecular complexity index is 397. The summed E-state index contributed by atoms with van der Waals surface area (Å²) in [6, 6.07) is 5.82. The van der Waals surface area contributed by atoms with Gasteiger partial charge in [-0.15, -0.1) is 23.5 Å². The summed E-state index contributed by atoms with van der Waals surface area (Å²) < 4.78 is 0. The van der Waals surface area contributed by atoms with E-state index >= 15 is 0 Å². The molecular formula is C11H16N2O2S2. The van der Waals surface area contributed by atoms with Crippen molar-refractivity contribution >= 4 is 29.4 Å². The van der Waals surface area contributed by atoms with Gasteiger partial charge in [0.1, 0.15) is 0 Å². The Morgan fingerprint density at radius 1 is 1.41 bits per heavy atom. The van der Waals surface area contributed by atoms with Crippen molar-refractivity contribution in [2.75, 3.05) is 18.6 Å². The monoisotopic (exact) mass is 272 g/mol. The number of benzene rings is 1. The fraction of sp³-hybridized carbons (Fsp3) is 0.364. The molecule has 0 aliphatic rings. The van der Waals surface area contributed by atoms with Crippen molar-refractivity contribution in [1.82, 2.24) is 0 Å². The van der Waals surface area contributed by atoms with Crippen LogP contribution in [0, 0.1) is 0 Å². The predicted octanol–water partition coefficient (Wildman–Crippen LogP) is 1.98. The lowest BCUT2D eigenvalue weighted by atomic mass is 10.2. The van der Waals surface area contributed by atoms with E-state index in [1.807, 2.05) is 24.5 Å². The van der Waals surface area contributed by atoms with E-state index in [0.29, 0.717) is 0 Å². The first-order chi connectivity index (χ1) is 8.24. The Morgan fingerprint density at radius 3 is 2.71 bits per heavy atom. The van der Waals surface area contributed by atoms with Crippen LogP contribution in [-0.4, -0.2) is 34.8 Å². The minimum Gasteiger partial charge on any atom is -0.409 e. The fourth-order valence-electron chi connectivity index (χ4n) is 1.35. The van der Waals surface area contributed by atoms with Gasteiger partial charge >= 0.3 is 0 Å². The largest absolute Gasteiger partial charge is 0.409 e. The van der Waals surface area contributed by atoms with Crippen molar-refractivity contribution in [3.63, 3.8) is 0 Å². The molecule has 0 aromatic heterocycles. The summed E-state index contributed by atoms with van der Waals surface area (Å²) in [6.07, 6.45) is 2.68. The van der Waals surface area contributed by atoms with E-state index in [9.17, 15) is 0 Å². The van der Waals surface area contributed by atoms with E-state index in [1.165, 1.54) is 0 Å². The molecule has 1 aromatic rings. The van der Waals surface area contributed by atoms with Crippen LogP contribution >= 0.6 is 23.5 Å². The molecule has 0 amide bonds. The third kappa shape index (κ3) is 3.83. The second-order valence-corrected chi connectivity index (χ2v) is 5.23. The second kappa shape index (κ2) is 7.47. The fourth-order valence-corrected chi connectivity index (χ4v) is 3.08. The number of aliphatic hydroxyl groups excluding tert-OH is 1. The van der Waals surface area contributed by atoms with Crippen LogP contribution in [0.5, 0.6) is 0 Å². The summed E-state index contributed by atoms with van der Waals surface area (Å²) in [7, 11) is 0. The molecule has 4 N–H and O–H groups in total. The third-order valence-corrected chi connectivity index (χ3v) is 4.06. The molecule has 0 aliphatic heterocycles. The lowest BCUT2D eigenvalue weighted by Gasteiger charge is -2.11. The van der Waals surface area contributed by atoms with Gasteiger partial charge in [0, 0.05) is 27.7 Å². The van der Waals surface area contributed by atoms with Gasteiger partial charge in [0.15, 0.2) is 5.84 Å². The topological polar surface area (TPSA) is 78.8 Å². The summed E-state index contributed by atoms with van der Waals surface area (Å²) in [4.78, 5) is 1.95. The highest BCUT2D eigenvalue weighted by Crippen LogP contribution is 2.30. The zero-order valence-corrected chi connectivity index (χ0v) is 11.2. The van der Waals surface area contributed by atoms with Crippen molar-refractivity contribution in [1.29, 1.82) is 0 Å². The lowest BCUT2D eigenvalue weighted by molar-refractivity contribution is 0.296. The first-order valence-electron chi connectivity index (χ1n) is 5.13. The maximum absolute atomic E-state index is 8.81. The summed E-state index contributed by atoms with van der Waals surface area (Å²) in [5.74, 6) is 0.932. The van der Waals surface area contributed by atoms with Crippen LogP contribution in [0.15, 0.2) is 33.1 Å². The Hall–Kier alpha value is -0.850. The van der Waals surface area contributed by atoms with Crippen LogP contribution in [0.25, 0.3) is 0 Å². The quantitative estimate of drug-likeness (QED) is 0.184. The highest BCUT2D eigenvalue weighted by atomic mass is 32.2. The molecule has 17 heavy (non-hydrogen) atoms. The molecule has 0 bridgehead atoms. The molecule has 4 nitrogen and oxygen atoms in total. The Balaban J connectivity index is 3.02. The molecule has 0 heterocycles. The molecule has 0 saturated carbocycles. The zero-order chi connectivity index (χ0) is 12.7. The van der Waals surface area contributed by atoms with Gasteiger partial charge in [0.05, 0.1) is 0 Å². The van der Waals surface area contributed by atoms with Gasteiger partial charge in [-0.25, -0.2) is 0 Å². The van der Waals surface area contributed by atoms with Crippen molar-refractivity contribution in [2.45, 2.75) is 16.2 Å². The molecule has 1 rings (SSSR count). The first kappa shape index (κ1) is 14.2. The molecule has 0 saturated heterocycles. The van der Waals surface area contributed by atoms with Crippen molar-refractivity contribution in [3.8, 4) is 0 Å². The summed E-state index contributed by atoms with van der Waals surface area (Å²) in [6.45, 7) is 0.175. The standard InChI is InChI=1S/C11H16N2O2S2/c1-16-8-4-2-5-9(17-7-3-6-14)10(8)11(12)13-15/h2,4-5,14-15H,3,6-7H2,1H3,(H2,12,13). The number of hydrogen-bond acceptors (Lipinski definition) is 5. The molecule has 0 atom stereocenters. The van der Waals surface area contributed by atoms with Crippen LogP contribution in [0.4, 0.5) is 0 Å². The lowest BCUT2D eigenvalue weighted by Crippen LogP contribution is -2.15. The van der Waals surface area contributed by atoms with Gasteiger partial charge in [-0.2, -0.15) is 0 Å². The van der Waals surface area contributed by atoms with Crippen molar-refractivity contribution in [2.24, 2.45) is 10.9 Å². The zero-order valence-electron chi connectivity index (χ0n) is 9.59. The number of nitrogens with two attached hydrogens (primary N) is 1. The number of rotatable bonds is 6. The second-order valence-electron chi connectivity index (χ2n) is 3.24. The average molecular weight is 272 g/mol. The summed E-state index contributed by atoms with van der Waals surface area (Å²) in [5.41, 5.74) is 6.47. The normalized spacial score (nSPS) is 11.8. The van der Waals surface area contributed by atoms with Gasteiger partial charge in [-0.05, 0) is 24.8 Å². The van der Waals surface area contributed by atoms with E-state index in [0.717, 1.165) is 27.5 Å². The SMILES string of the molecule is CSc1cccc(SCCCO)c1/C(N)=N/O. The van der Waals surface area contributed by atoms with Gasteiger partial charge in [0.2, 0.25) is 0 Å². The summed E-state index contributed by atoms with van der Waals surface area (Å²) >= 11 is 3.16. The van der Waals surface area contributed by atoms with E-state index in [2.05, 4.69) is 5.16 Å². The number of aliphatic hydroxyl groups is 1. The molecule has 0 radical (unpaired) electrons. The highest BCUT2D eigenvalue weighted by molar-refractivity contribution is 8.00. The molecule has 0 fully saturated rings. The van der Waals surface area contributed by atoms with Crippen LogP contribution in [0.1, 0.15) is 12.0 Å². The smallest absolute Gasteiger partial charge is 0.172 e. The number of hydrogen-bond donors (Lipinski definition) is 3. The molecule has 6 heteroatoms. The minimum absolute atomic E-state index is 0.126. The number of nitrogens with zero attached hydrogens (tertiary/aromatic N) is 1. The van der Waals surface area contributed by atoms with Gasteiger partial charge < -0.3 is 16.0 Å². The van der Waals surface area contributed by atoms with E-state index in [1.54, 1.807) is 23.5 Å².